The van der Waals surface area contributed by atoms with Crippen LogP contribution in [0.25, 0.3) is 6.08 Å². The summed E-state index contributed by atoms with van der Waals surface area (Å²) in [7, 11) is 0. The summed E-state index contributed by atoms with van der Waals surface area (Å²) in [5.41, 5.74) is 3.21. The normalized spacial score (nSPS) is 11.1. The van der Waals surface area contributed by atoms with Gasteiger partial charge in [0.1, 0.15) is 11.5 Å². The van der Waals surface area contributed by atoms with E-state index in [1.807, 2.05) is 38.1 Å². The standard InChI is InChI=1S/C22H20N2O3/c1-15-10-11-16(2)19(13-15)23-22(26)20(14-18-9-6-12-27-18)24-21(25)17-7-4-3-5-8-17/h3-14H,1-2H3,(H,23,26)(H,24,25). The Kier molecular flexibility index (Phi) is 5.52. The molecule has 1 heterocycles. The van der Waals surface area contributed by atoms with Crippen molar-refractivity contribution in [2.24, 2.45) is 0 Å². The number of anilines is 1. The van der Waals surface area contributed by atoms with Gasteiger partial charge in [0, 0.05) is 17.3 Å². The smallest absolute Gasteiger partial charge is 0.272 e. The maximum atomic E-state index is 12.8. The van der Waals surface area contributed by atoms with Crippen LogP contribution in [0.3, 0.4) is 0 Å². The topological polar surface area (TPSA) is 71.3 Å². The van der Waals surface area contributed by atoms with Crippen LogP contribution in [0.1, 0.15) is 27.2 Å². The van der Waals surface area contributed by atoms with E-state index in [1.54, 1.807) is 36.4 Å². The van der Waals surface area contributed by atoms with Crippen LogP contribution in [0.2, 0.25) is 0 Å². The summed E-state index contributed by atoms with van der Waals surface area (Å²) >= 11 is 0. The van der Waals surface area contributed by atoms with Crippen molar-refractivity contribution in [1.82, 2.24) is 5.32 Å². The van der Waals surface area contributed by atoms with E-state index in [4.69, 9.17) is 4.42 Å². The first-order chi connectivity index (χ1) is 13.0. The van der Waals surface area contributed by atoms with Gasteiger partial charge in [0.15, 0.2) is 0 Å². The number of hydrogen-bond acceptors (Lipinski definition) is 3. The lowest BCUT2D eigenvalue weighted by atomic mass is 10.1. The fourth-order valence-corrected chi connectivity index (χ4v) is 2.52. The molecule has 0 unspecified atom stereocenters. The molecule has 1 aromatic heterocycles. The van der Waals surface area contributed by atoms with Gasteiger partial charge >= 0.3 is 0 Å². The summed E-state index contributed by atoms with van der Waals surface area (Å²) in [6.07, 6.45) is 3.01. The molecule has 136 valence electrons. The highest BCUT2D eigenvalue weighted by molar-refractivity contribution is 6.10. The first-order valence-electron chi connectivity index (χ1n) is 8.53. The van der Waals surface area contributed by atoms with Crippen LogP contribution in [-0.4, -0.2) is 11.8 Å². The zero-order valence-corrected chi connectivity index (χ0v) is 15.2. The van der Waals surface area contributed by atoms with E-state index >= 15 is 0 Å². The molecule has 0 fully saturated rings. The minimum absolute atomic E-state index is 0.0970. The van der Waals surface area contributed by atoms with Crippen LogP contribution in [0, 0.1) is 13.8 Å². The Morgan fingerprint density at radius 1 is 0.963 bits per heavy atom. The second kappa shape index (κ2) is 8.19. The van der Waals surface area contributed by atoms with E-state index in [0.29, 0.717) is 17.0 Å². The van der Waals surface area contributed by atoms with Crippen LogP contribution in [0.5, 0.6) is 0 Å². The zero-order valence-electron chi connectivity index (χ0n) is 15.2. The maximum Gasteiger partial charge on any atom is 0.272 e. The number of benzene rings is 2. The molecule has 0 atom stereocenters. The molecule has 5 nitrogen and oxygen atoms in total. The van der Waals surface area contributed by atoms with Crippen molar-refractivity contribution >= 4 is 23.6 Å². The Hall–Kier alpha value is -3.60. The number of carbonyl (C=O) groups excluding carboxylic acids is 2. The van der Waals surface area contributed by atoms with E-state index in [0.717, 1.165) is 11.1 Å². The van der Waals surface area contributed by atoms with Gasteiger partial charge in [-0.1, -0.05) is 30.3 Å². The van der Waals surface area contributed by atoms with Gasteiger partial charge in [-0.3, -0.25) is 9.59 Å². The van der Waals surface area contributed by atoms with Crippen LogP contribution < -0.4 is 10.6 Å². The lowest BCUT2D eigenvalue weighted by Crippen LogP contribution is -2.30. The second-order valence-electron chi connectivity index (χ2n) is 6.17. The van der Waals surface area contributed by atoms with E-state index in [2.05, 4.69) is 10.6 Å². The number of nitrogens with one attached hydrogen (secondary N) is 2. The van der Waals surface area contributed by atoms with Gasteiger partial charge in [-0.2, -0.15) is 0 Å². The van der Waals surface area contributed by atoms with Gasteiger partial charge < -0.3 is 15.1 Å². The van der Waals surface area contributed by atoms with E-state index in [1.165, 1.54) is 12.3 Å². The van der Waals surface area contributed by atoms with Crippen LogP contribution in [0.15, 0.2) is 77.0 Å². The van der Waals surface area contributed by atoms with E-state index in [-0.39, 0.29) is 11.6 Å². The summed E-state index contributed by atoms with van der Waals surface area (Å²) in [6.45, 7) is 3.86. The van der Waals surface area contributed by atoms with Crippen molar-refractivity contribution in [1.29, 1.82) is 0 Å². The molecule has 0 bridgehead atoms. The van der Waals surface area contributed by atoms with Gasteiger partial charge in [0.25, 0.3) is 11.8 Å². The van der Waals surface area contributed by atoms with Crippen molar-refractivity contribution < 1.29 is 14.0 Å². The molecular weight excluding hydrogens is 340 g/mol. The lowest BCUT2D eigenvalue weighted by molar-refractivity contribution is -0.113. The Bertz CT molecular complexity index is 974. The quantitative estimate of drug-likeness (QED) is 0.666. The third-order valence-electron chi connectivity index (χ3n) is 4.00. The monoisotopic (exact) mass is 360 g/mol. The SMILES string of the molecule is Cc1ccc(C)c(NC(=O)C(=Cc2ccco2)NC(=O)c2ccccc2)c1. The molecule has 3 aromatic rings. The van der Waals surface area contributed by atoms with Crippen LogP contribution in [0.4, 0.5) is 5.69 Å². The number of amides is 2. The number of carbonyl (C=O) groups is 2. The van der Waals surface area contributed by atoms with Crippen molar-refractivity contribution in [3.8, 4) is 0 Å². The Morgan fingerprint density at radius 2 is 1.74 bits per heavy atom. The second-order valence-corrected chi connectivity index (χ2v) is 6.17. The number of furan rings is 1. The van der Waals surface area contributed by atoms with E-state index < -0.39 is 5.91 Å². The van der Waals surface area contributed by atoms with Crippen molar-refractivity contribution in [3.05, 3.63) is 95.1 Å². The fraction of sp³-hybridized carbons (Fsp3) is 0.0909. The molecule has 3 rings (SSSR count). The van der Waals surface area contributed by atoms with Gasteiger partial charge in [-0.25, -0.2) is 0 Å². The Labute approximate surface area is 157 Å². The average molecular weight is 360 g/mol. The fourth-order valence-electron chi connectivity index (χ4n) is 2.52. The summed E-state index contributed by atoms with van der Waals surface area (Å²) in [5.74, 6) is -0.330. The molecule has 0 radical (unpaired) electrons. The summed E-state index contributed by atoms with van der Waals surface area (Å²) < 4.78 is 5.29. The highest BCUT2D eigenvalue weighted by Crippen LogP contribution is 2.18. The molecule has 5 heteroatoms. The summed E-state index contributed by atoms with van der Waals surface area (Å²) in [6, 6.07) is 17.9. The van der Waals surface area contributed by atoms with Crippen LogP contribution >= 0.6 is 0 Å². The Balaban J connectivity index is 1.87. The number of aryl methyl sites for hydroxylation is 2. The molecule has 0 aliphatic rings. The predicted molar refractivity (Wildman–Crippen MR) is 105 cm³/mol. The van der Waals surface area contributed by atoms with Crippen molar-refractivity contribution in [3.63, 3.8) is 0 Å². The minimum atomic E-state index is -0.426. The van der Waals surface area contributed by atoms with Crippen LogP contribution in [-0.2, 0) is 4.79 Å². The predicted octanol–water partition coefficient (Wildman–Crippen LogP) is 4.31. The molecule has 0 aliphatic carbocycles. The molecule has 27 heavy (non-hydrogen) atoms. The van der Waals surface area contributed by atoms with Crippen molar-refractivity contribution in [2.45, 2.75) is 13.8 Å². The molecular formula is C22H20N2O3. The average Bonchev–Trinajstić information content (AvgIpc) is 3.18. The third kappa shape index (κ3) is 4.73. The molecule has 0 saturated heterocycles. The summed E-state index contributed by atoms with van der Waals surface area (Å²) in [4.78, 5) is 25.3. The number of hydrogen-bond donors (Lipinski definition) is 2. The minimum Gasteiger partial charge on any atom is -0.465 e. The molecule has 0 spiro atoms. The first-order valence-corrected chi connectivity index (χ1v) is 8.53. The molecule has 2 amide bonds. The third-order valence-corrected chi connectivity index (χ3v) is 4.00. The molecule has 2 N–H and O–H groups in total. The largest absolute Gasteiger partial charge is 0.465 e. The summed E-state index contributed by atoms with van der Waals surface area (Å²) in [5, 5.41) is 5.53. The van der Waals surface area contributed by atoms with E-state index in [9.17, 15) is 9.59 Å². The highest BCUT2D eigenvalue weighted by Gasteiger charge is 2.16. The molecule has 0 saturated carbocycles. The lowest BCUT2D eigenvalue weighted by Gasteiger charge is -2.13. The first kappa shape index (κ1) is 18.2. The van der Waals surface area contributed by atoms with Gasteiger partial charge in [-0.15, -0.1) is 0 Å². The van der Waals surface area contributed by atoms with Crippen molar-refractivity contribution in [2.75, 3.05) is 5.32 Å². The van der Waals surface area contributed by atoms with Gasteiger partial charge in [-0.05, 0) is 55.3 Å². The van der Waals surface area contributed by atoms with Gasteiger partial charge in [0.2, 0.25) is 0 Å². The highest BCUT2D eigenvalue weighted by atomic mass is 16.3. The zero-order chi connectivity index (χ0) is 19.2. The molecule has 0 aliphatic heterocycles. The van der Waals surface area contributed by atoms with Gasteiger partial charge in [0.05, 0.1) is 6.26 Å². The maximum absolute atomic E-state index is 12.8. The Morgan fingerprint density at radius 3 is 2.44 bits per heavy atom. The number of rotatable bonds is 5. The molecule has 2 aromatic carbocycles.